The lowest BCUT2D eigenvalue weighted by molar-refractivity contribution is 0.0906. The molecule has 1 amide bonds. The van der Waals surface area contributed by atoms with Crippen molar-refractivity contribution in [2.24, 2.45) is 5.41 Å². The van der Waals surface area contributed by atoms with Crippen LogP contribution >= 0.6 is 0 Å². The highest BCUT2D eigenvalue weighted by Gasteiger charge is 2.28. The van der Waals surface area contributed by atoms with Crippen molar-refractivity contribution in [3.63, 3.8) is 0 Å². The quantitative estimate of drug-likeness (QED) is 0.862. The minimum atomic E-state index is -0.548. The van der Waals surface area contributed by atoms with Crippen LogP contribution in [0.3, 0.4) is 0 Å². The van der Waals surface area contributed by atoms with Crippen LogP contribution < -0.4 is 5.32 Å². The zero-order chi connectivity index (χ0) is 14.0. The fraction of sp³-hybridized carbons (Fsp3) is 0.533. The summed E-state index contributed by atoms with van der Waals surface area (Å²) in [6, 6.07) is 3.59. The summed E-state index contributed by atoms with van der Waals surface area (Å²) in [6.07, 6.45) is 4.04. The van der Waals surface area contributed by atoms with Crippen LogP contribution in [-0.2, 0) is 0 Å². The number of phenolic OH excluding ortho intramolecular Hbond substituents is 1. The van der Waals surface area contributed by atoms with Crippen molar-refractivity contribution in [2.45, 2.75) is 45.6 Å². The largest absolute Gasteiger partial charge is 0.507 e. The Kier molecular flexibility index (Phi) is 3.78. The number of carbonyl (C=O) groups is 1. The zero-order valence-corrected chi connectivity index (χ0v) is 11.4. The van der Waals surface area contributed by atoms with Crippen molar-refractivity contribution in [3.05, 3.63) is 29.6 Å². The van der Waals surface area contributed by atoms with E-state index in [9.17, 15) is 14.3 Å². The Bertz CT molecular complexity index is 475. The lowest BCUT2D eigenvalue weighted by atomic mass is 9.75. The first kappa shape index (κ1) is 13.8. The number of benzene rings is 1. The summed E-state index contributed by atoms with van der Waals surface area (Å²) in [7, 11) is 0. The van der Waals surface area contributed by atoms with E-state index >= 15 is 0 Å². The smallest absolute Gasteiger partial charge is 0.255 e. The number of carbonyl (C=O) groups excluding carboxylic acids is 1. The summed E-state index contributed by atoms with van der Waals surface area (Å²) in [5.74, 6) is -1.19. The van der Waals surface area contributed by atoms with Crippen molar-refractivity contribution < 1.29 is 14.3 Å². The molecule has 4 heteroatoms. The van der Waals surface area contributed by atoms with E-state index in [4.69, 9.17) is 0 Å². The topological polar surface area (TPSA) is 49.3 Å². The number of rotatable bonds is 2. The van der Waals surface area contributed by atoms with Crippen LogP contribution in [-0.4, -0.2) is 17.1 Å². The lowest BCUT2D eigenvalue weighted by Gasteiger charge is -2.34. The minimum absolute atomic E-state index is 0.131. The molecular weight excluding hydrogens is 245 g/mol. The van der Waals surface area contributed by atoms with Crippen LogP contribution in [0.5, 0.6) is 5.75 Å². The molecule has 1 aromatic rings. The van der Waals surface area contributed by atoms with E-state index in [1.165, 1.54) is 12.1 Å². The molecule has 3 nitrogen and oxygen atoms in total. The summed E-state index contributed by atoms with van der Waals surface area (Å²) in [5.41, 5.74) is 0.477. The van der Waals surface area contributed by atoms with Crippen LogP contribution in [0, 0.1) is 11.2 Å². The zero-order valence-electron chi connectivity index (χ0n) is 11.4. The average molecular weight is 265 g/mol. The van der Waals surface area contributed by atoms with Gasteiger partial charge in [0.25, 0.3) is 5.91 Å². The molecule has 1 aliphatic carbocycles. The van der Waals surface area contributed by atoms with Crippen LogP contribution in [0.2, 0.25) is 0 Å². The molecule has 1 aliphatic rings. The molecule has 0 spiro atoms. The van der Waals surface area contributed by atoms with E-state index in [1.807, 2.05) is 0 Å². The minimum Gasteiger partial charge on any atom is -0.507 e. The second kappa shape index (κ2) is 5.19. The van der Waals surface area contributed by atoms with Gasteiger partial charge >= 0.3 is 0 Å². The Morgan fingerprint density at radius 1 is 1.37 bits per heavy atom. The Balaban J connectivity index is 1.98. The van der Waals surface area contributed by atoms with Gasteiger partial charge in [0.05, 0.1) is 5.56 Å². The first-order valence-electron chi connectivity index (χ1n) is 6.67. The maximum absolute atomic E-state index is 12.9. The summed E-state index contributed by atoms with van der Waals surface area (Å²) in [6.45, 7) is 4.47. The lowest BCUT2D eigenvalue weighted by Crippen LogP contribution is -2.39. The van der Waals surface area contributed by atoms with E-state index in [1.54, 1.807) is 0 Å². The summed E-state index contributed by atoms with van der Waals surface area (Å²) in [5, 5.41) is 12.5. The molecule has 2 N–H and O–H groups in total. The van der Waals surface area contributed by atoms with Gasteiger partial charge in [0.1, 0.15) is 11.6 Å². The summed E-state index contributed by atoms with van der Waals surface area (Å²) >= 11 is 0. The molecule has 0 saturated heterocycles. The normalized spacial score (nSPS) is 19.1. The van der Waals surface area contributed by atoms with E-state index in [0.717, 1.165) is 31.7 Å². The maximum Gasteiger partial charge on any atom is 0.255 e. The fourth-order valence-electron chi connectivity index (χ4n) is 2.50. The van der Waals surface area contributed by atoms with Gasteiger partial charge in [-0.3, -0.25) is 4.79 Å². The molecular formula is C15H20FNO2. The standard InChI is InChI=1S/C15H20FNO2/c1-15(2)7-5-11(6-8-15)17-14(19)12-4-3-10(16)9-13(12)18/h3-4,9,11,18H,5-8H2,1-2H3,(H,17,19). The number of amides is 1. The van der Waals surface area contributed by atoms with Gasteiger partial charge in [-0.2, -0.15) is 0 Å². The van der Waals surface area contributed by atoms with Crippen molar-refractivity contribution in [1.29, 1.82) is 0 Å². The van der Waals surface area contributed by atoms with Crippen molar-refractivity contribution >= 4 is 5.91 Å². The third-order valence-corrected chi connectivity index (χ3v) is 3.88. The van der Waals surface area contributed by atoms with Crippen LogP contribution in [0.4, 0.5) is 4.39 Å². The maximum atomic E-state index is 12.9. The summed E-state index contributed by atoms with van der Waals surface area (Å²) in [4.78, 5) is 12.0. The third-order valence-electron chi connectivity index (χ3n) is 3.88. The van der Waals surface area contributed by atoms with Crippen LogP contribution in [0.1, 0.15) is 49.9 Å². The van der Waals surface area contributed by atoms with Crippen LogP contribution in [0.15, 0.2) is 18.2 Å². The predicted octanol–water partition coefficient (Wildman–Crippen LogP) is 3.23. The molecule has 1 fully saturated rings. The molecule has 0 heterocycles. The van der Waals surface area contributed by atoms with Crippen molar-refractivity contribution in [3.8, 4) is 5.75 Å². The molecule has 19 heavy (non-hydrogen) atoms. The highest BCUT2D eigenvalue weighted by atomic mass is 19.1. The first-order valence-corrected chi connectivity index (χ1v) is 6.67. The molecule has 104 valence electrons. The van der Waals surface area contributed by atoms with Crippen molar-refractivity contribution in [2.75, 3.05) is 0 Å². The van der Waals surface area contributed by atoms with Gasteiger partial charge in [0, 0.05) is 12.1 Å². The van der Waals surface area contributed by atoms with Gasteiger partial charge in [-0.15, -0.1) is 0 Å². The number of aromatic hydroxyl groups is 1. The Hall–Kier alpha value is -1.58. The monoisotopic (exact) mass is 265 g/mol. The number of halogens is 1. The number of nitrogens with one attached hydrogen (secondary N) is 1. The second-order valence-electron chi connectivity index (χ2n) is 6.07. The van der Waals surface area contributed by atoms with E-state index in [-0.39, 0.29) is 23.3 Å². The van der Waals surface area contributed by atoms with E-state index < -0.39 is 5.82 Å². The SMILES string of the molecule is CC1(C)CCC(NC(=O)c2ccc(F)cc2O)CC1. The Labute approximate surface area is 112 Å². The highest BCUT2D eigenvalue weighted by Crippen LogP contribution is 2.35. The molecule has 2 rings (SSSR count). The van der Waals surface area contributed by atoms with E-state index in [2.05, 4.69) is 19.2 Å². The molecule has 0 aliphatic heterocycles. The van der Waals surface area contributed by atoms with Gasteiger partial charge in [-0.25, -0.2) is 4.39 Å². The molecule has 1 aromatic carbocycles. The average Bonchev–Trinajstić information content (AvgIpc) is 2.31. The van der Waals surface area contributed by atoms with Crippen LogP contribution in [0.25, 0.3) is 0 Å². The predicted molar refractivity (Wildman–Crippen MR) is 71.6 cm³/mol. The molecule has 1 saturated carbocycles. The molecule has 0 atom stereocenters. The van der Waals surface area contributed by atoms with Gasteiger partial charge in [0.2, 0.25) is 0 Å². The number of hydrogen-bond acceptors (Lipinski definition) is 2. The fourth-order valence-corrected chi connectivity index (χ4v) is 2.50. The molecule has 0 radical (unpaired) electrons. The third kappa shape index (κ3) is 3.46. The van der Waals surface area contributed by atoms with E-state index in [0.29, 0.717) is 5.41 Å². The van der Waals surface area contributed by atoms with Gasteiger partial charge < -0.3 is 10.4 Å². The Morgan fingerprint density at radius 3 is 2.58 bits per heavy atom. The Morgan fingerprint density at radius 2 is 2.00 bits per heavy atom. The molecule has 0 bridgehead atoms. The van der Waals surface area contributed by atoms with Crippen molar-refractivity contribution in [1.82, 2.24) is 5.32 Å². The second-order valence-corrected chi connectivity index (χ2v) is 6.07. The summed E-state index contributed by atoms with van der Waals surface area (Å²) < 4.78 is 12.9. The number of phenols is 1. The highest BCUT2D eigenvalue weighted by molar-refractivity contribution is 5.96. The first-order chi connectivity index (χ1) is 8.87. The van der Waals surface area contributed by atoms with Gasteiger partial charge in [-0.05, 0) is 43.2 Å². The van der Waals surface area contributed by atoms with Gasteiger partial charge in [-0.1, -0.05) is 13.8 Å². The van der Waals surface area contributed by atoms with Gasteiger partial charge in [0.15, 0.2) is 0 Å². The number of hydrogen-bond donors (Lipinski definition) is 2. The molecule has 0 aromatic heterocycles. The molecule has 0 unspecified atom stereocenters.